The number of benzene rings is 2. The topological polar surface area (TPSA) is 79.5 Å². The number of fused-ring (bicyclic) bond motifs is 2. The molecule has 0 spiro atoms. The second-order valence-electron chi connectivity index (χ2n) is 8.21. The number of hydrogen-bond donors (Lipinski definition) is 3. The molecule has 0 radical (unpaired) electrons. The van der Waals surface area contributed by atoms with E-state index in [-0.39, 0.29) is 29.3 Å². The van der Waals surface area contributed by atoms with Crippen molar-refractivity contribution in [1.29, 1.82) is 0 Å². The first-order chi connectivity index (χ1) is 14.6. The van der Waals surface area contributed by atoms with Gasteiger partial charge in [-0.2, -0.15) is 0 Å². The van der Waals surface area contributed by atoms with E-state index in [1.807, 2.05) is 30.3 Å². The van der Waals surface area contributed by atoms with Gasteiger partial charge in [-0.3, -0.25) is 9.59 Å². The molecule has 2 fully saturated rings. The number of amides is 2. The van der Waals surface area contributed by atoms with Crippen LogP contribution in [0.1, 0.15) is 37.8 Å². The average molecular weight is 409 g/mol. The van der Waals surface area contributed by atoms with Crippen molar-refractivity contribution in [1.82, 2.24) is 16.0 Å². The number of piperidine rings is 1. The van der Waals surface area contributed by atoms with E-state index in [4.69, 9.17) is 4.74 Å². The number of alkyl halides is 1. The van der Waals surface area contributed by atoms with Gasteiger partial charge in [0, 0.05) is 37.3 Å². The summed E-state index contributed by atoms with van der Waals surface area (Å²) in [5, 5.41) is 9.01. The third-order valence-corrected chi connectivity index (χ3v) is 6.53. The summed E-state index contributed by atoms with van der Waals surface area (Å²) in [5.41, 5.74) is 2.22. The smallest absolute Gasteiger partial charge is 0.254 e. The summed E-state index contributed by atoms with van der Waals surface area (Å²) < 4.78 is 19.8. The van der Waals surface area contributed by atoms with E-state index in [0.717, 1.165) is 18.7 Å². The standard InChI is InChI=1S/C23H24FN3O3/c1-25-23(29)15-8-13(22(28)27-20-16-10-26-11-17(16)20)7-14-19(12-5-3-2-4-6-12)18(9-24)30-21(14)15/h2-8,16-20,26H,9-11H2,1H3,(H,25,29)(H,27,28)/t16-,17+,18-,19+,20+/m1/s1. The highest BCUT2D eigenvalue weighted by molar-refractivity contribution is 6.02. The predicted molar refractivity (Wildman–Crippen MR) is 110 cm³/mol. The summed E-state index contributed by atoms with van der Waals surface area (Å²) in [7, 11) is 1.52. The third-order valence-electron chi connectivity index (χ3n) is 6.53. The Morgan fingerprint density at radius 2 is 1.87 bits per heavy atom. The number of ether oxygens (including phenoxy) is 1. The van der Waals surface area contributed by atoms with Crippen LogP contribution in [0.25, 0.3) is 0 Å². The molecule has 3 aliphatic rings. The lowest BCUT2D eigenvalue weighted by Crippen LogP contribution is -2.32. The van der Waals surface area contributed by atoms with Gasteiger partial charge in [-0.1, -0.05) is 30.3 Å². The maximum Gasteiger partial charge on any atom is 0.254 e. The Kier molecular flexibility index (Phi) is 4.70. The van der Waals surface area contributed by atoms with Crippen LogP contribution in [0.5, 0.6) is 5.75 Å². The molecule has 30 heavy (non-hydrogen) atoms. The summed E-state index contributed by atoms with van der Waals surface area (Å²) in [6.45, 7) is 1.15. The van der Waals surface area contributed by atoms with Crippen LogP contribution in [0.15, 0.2) is 42.5 Å². The molecule has 2 aliphatic heterocycles. The van der Waals surface area contributed by atoms with Crippen molar-refractivity contribution in [2.75, 3.05) is 26.8 Å². The maximum absolute atomic E-state index is 13.9. The lowest BCUT2D eigenvalue weighted by molar-refractivity contribution is 0.0946. The van der Waals surface area contributed by atoms with Crippen LogP contribution in [0.2, 0.25) is 0 Å². The van der Waals surface area contributed by atoms with Gasteiger partial charge in [-0.15, -0.1) is 0 Å². The molecule has 0 unspecified atom stereocenters. The highest BCUT2D eigenvalue weighted by atomic mass is 19.1. The minimum atomic E-state index is -0.738. The lowest BCUT2D eigenvalue weighted by atomic mass is 9.86. The van der Waals surface area contributed by atoms with Crippen LogP contribution in [0.3, 0.4) is 0 Å². The van der Waals surface area contributed by atoms with Gasteiger partial charge >= 0.3 is 0 Å². The molecule has 2 aromatic carbocycles. The van der Waals surface area contributed by atoms with E-state index in [1.165, 1.54) is 7.05 Å². The Labute approximate surface area is 174 Å². The number of nitrogens with one attached hydrogen (secondary N) is 3. The van der Waals surface area contributed by atoms with E-state index in [2.05, 4.69) is 16.0 Å². The largest absolute Gasteiger partial charge is 0.486 e. The molecule has 2 aromatic rings. The molecule has 7 heteroatoms. The summed E-state index contributed by atoms with van der Waals surface area (Å²) in [6.07, 6.45) is -0.738. The van der Waals surface area contributed by atoms with Gasteiger partial charge in [0.15, 0.2) is 0 Å². The molecule has 6 nitrogen and oxygen atoms in total. The fourth-order valence-electron chi connectivity index (χ4n) is 4.91. The number of halogens is 1. The van der Waals surface area contributed by atoms with Crippen molar-refractivity contribution in [3.8, 4) is 5.75 Å². The van der Waals surface area contributed by atoms with Crippen LogP contribution >= 0.6 is 0 Å². The summed E-state index contributed by atoms with van der Waals surface area (Å²) in [4.78, 5) is 25.6. The van der Waals surface area contributed by atoms with Gasteiger partial charge in [0.1, 0.15) is 18.5 Å². The fourth-order valence-corrected chi connectivity index (χ4v) is 4.91. The molecule has 5 atom stereocenters. The van der Waals surface area contributed by atoms with E-state index in [9.17, 15) is 14.0 Å². The Morgan fingerprint density at radius 3 is 2.53 bits per heavy atom. The van der Waals surface area contributed by atoms with Crippen LogP contribution < -0.4 is 20.7 Å². The van der Waals surface area contributed by atoms with Crippen LogP contribution in [-0.2, 0) is 0 Å². The van der Waals surface area contributed by atoms with Crippen molar-refractivity contribution < 1.29 is 18.7 Å². The zero-order valence-electron chi connectivity index (χ0n) is 16.7. The van der Waals surface area contributed by atoms with Gasteiger partial charge in [-0.05, 0) is 29.5 Å². The summed E-state index contributed by atoms with van der Waals surface area (Å²) in [5.74, 6) is 0.371. The van der Waals surface area contributed by atoms with Crippen LogP contribution in [-0.4, -0.2) is 50.8 Å². The summed E-state index contributed by atoms with van der Waals surface area (Å²) in [6, 6.07) is 13.0. The first kappa shape index (κ1) is 19.1. The molecule has 2 heterocycles. The first-order valence-corrected chi connectivity index (χ1v) is 10.3. The average Bonchev–Trinajstić information content (AvgIpc) is 3.14. The van der Waals surface area contributed by atoms with E-state index in [0.29, 0.717) is 28.7 Å². The number of carbonyl (C=O) groups is 2. The quantitative estimate of drug-likeness (QED) is 0.704. The molecule has 5 rings (SSSR count). The Morgan fingerprint density at radius 1 is 1.13 bits per heavy atom. The van der Waals surface area contributed by atoms with Crippen LogP contribution in [0.4, 0.5) is 4.39 Å². The van der Waals surface area contributed by atoms with Crippen LogP contribution in [0, 0.1) is 11.8 Å². The molecule has 1 aliphatic carbocycles. The highest BCUT2D eigenvalue weighted by Crippen LogP contribution is 2.46. The zero-order valence-corrected chi connectivity index (χ0v) is 16.7. The number of hydrogen-bond acceptors (Lipinski definition) is 4. The SMILES string of the molecule is CNC(=O)c1cc(C(=O)N[C@H]2[C@@H]3CNC[C@@H]32)cc2c1O[C@H](CF)[C@H]2c1ccccc1. The van der Waals surface area contributed by atoms with Crippen molar-refractivity contribution in [2.24, 2.45) is 11.8 Å². The summed E-state index contributed by atoms with van der Waals surface area (Å²) >= 11 is 0. The van der Waals surface area contributed by atoms with Gasteiger partial charge < -0.3 is 20.7 Å². The molecule has 156 valence electrons. The van der Waals surface area contributed by atoms with Gasteiger partial charge in [0.2, 0.25) is 0 Å². The minimum Gasteiger partial charge on any atom is -0.486 e. The Bertz CT molecular complexity index is 987. The second-order valence-corrected chi connectivity index (χ2v) is 8.21. The Hall–Kier alpha value is -2.93. The zero-order chi connectivity index (χ0) is 20.8. The minimum absolute atomic E-state index is 0.176. The molecular weight excluding hydrogens is 385 g/mol. The van der Waals surface area contributed by atoms with E-state index >= 15 is 0 Å². The first-order valence-electron chi connectivity index (χ1n) is 10.3. The second kappa shape index (κ2) is 7.40. The van der Waals surface area contributed by atoms with Crippen molar-refractivity contribution >= 4 is 11.8 Å². The van der Waals surface area contributed by atoms with Gasteiger partial charge in [0.25, 0.3) is 11.8 Å². The number of carbonyl (C=O) groups excluding carboxylic acids is 2. The predicted octanol–water partition coefficient (Wildman–Crippen LogP) is 1.86. The maximum atomic E-state index is 13.9. The number of rotatable bonds is 5. The van der Waals surface area contributed by atoms with Crippen molar-refractivity contribution in [3.63, 3.8) is 0 Å². The molecule has 1 saturated heterocycles. The molecule has 3 N–H and O–H groups in total. The van der Waals surface area contributed by atoms with E-state index in [1.54, 1.807) is 12.1 Å². The van der Waals surface area contributed by atoms with Gasteiger partial charge in [0.05, 0.1) is 11.5 Å². The molecule has 1 saturated carbocycles. The molecular formula is C23H24FN3O3. The lowest BCUT2D eigenvalue weighted by Gasteiger charge is -2.16. The van der Waals surface area contributed by atoms with E-state index < -0.39 is 12.8 Å². The fraction of sp³-hybridized carbons (Fsp3) is 0.391. The van der Waals surface area contributed by atoms with Crippen molar-refractivity contribution in [2.45, 2.75) is 18.1 Å². The highest BCUT2D eigenvalue weighted by Gasteiger charge is 2.53. The molecule has 0 aromatic heterocycles. The van der Waals surface area contributed by atoms with Crippen molar-refractivity contribution in [3.05, 3.63) is 64.7 Å². The molecule has 0 bridgehead atoms. The monoisotopic (exact) mass is 409 g/mol. The Balaban J connectivity index is 1.54. The third kappa shape index (κ3) is 3.04. The van der Waals surface area contributed by atoms with Gasteiger partial charge in [-0.25, -0.2) is 4.39 Å². The normalized spacial score (nSPS) is 28.3. The molecule has 2 amide bonds.